The summed E-state index contributed by atoms with van der Waals surface area (Å²) in [6, 6.07) is 16.2. The maximum atomic E-state index is 13.4. The van der Waals surface area contributed by atoms with Gasteiger partial charge in [-0.2, -0.15) is 13.2 Å². The summed E-state index contributed by atoms with van der Waals surface area (Å²) >= 11 is 0. The third-order valence-corrected chi connectivity index (χ3v) is 7.05. The van der Waals surface area contributed by atoms with E-state index in [0.717, 1.165) is 0 Å². The average molecular weight is 503 g/mol. The van der Waals surface area contributed by atoms with Crippen LogP contribution in [0.5, 0.6) is 5.75 Å². The molecule has 182 valence electrons. The number of nitrogens with one attached hydrogen (secondary N) is 1. The summed E-state index contributed by atoms with van der Waals surface area (Å²) < 4.78 is 73.1. The van der Waals surface area contributed by atoms with Gasteiger partial charge in [-0.25, -0.2) is 17.9 Å². The number of rotatable bonds is 6. The zero-order chi connectivity index (χ0) is 25.4. The second-order valence-corrected chi connectivity index (χ2v) is 9.74. The lowest BCUT2D eigenvalue weighted by Gasteiger charge is -2.16. The number of sulfonamides is 1. The number of alkyl halides is 3. The third-order valence-electron chi connectivity index (χ3n) is 5.49. The van der Waals surface area contributed by atoms with E-state index in [-0.39, 0.29) is 28.0 Å². The second-order valence-electron chi connectivity index (χ2n) is 8.03. The fourth-order valence-electron chi connectivity index (χ4n) is 3.79. The first-order chi connectivity index (χ1) is 16.4. The Kier molecular flexibility index (Phi) is 6.44. The van der Waals surface area contributed by atoms with E-state index in [4.69, 9.17) is 4.42 Å². The van der Waals surface area contributed by atoms with Crippen LogP contribution >= 0.6 is 0 Å². The lowest BCUT2D eigenvalue weighted by Crippen LogP contribution is -2.26. The number of phenols is 1. The topological polar surface area (TPSA) is 96.6 Å². The Morgan fingerprint density at radius 3 is 2.29 bits per heavy atom. The first-order valence-corrected chi connectivity index (χ1v) is 12.0. The molecule has 0 saturated heterocycles. The maximum absolute atomic E-state index is 13.4. The van der Waals surface area contributed by atoms with Gasteiger partial charge < -0.3 is 9.52 Å². The Bertz CT molecular complexity index is 1540. The van der Waals surface area contributed by atoms with E-state index >= 15 is 0 Å². The SMILES string of the molecule is CC(NS(=O)(=O)c1ccc(Cc2ccc3oc(=O)cc(C(F)(F)F)c3c2)cc1)c1ccccc1O. The minimum atomic E-state index is -4.72. The number of hydrogen-bond acceptors (Lipinski definition) is 5. The zero-order valence-corrected chi connectivity index (χ0v) is 19.2. The maximum Gasteiger partial charge on any atom is 0.417 e. The molecule has 0 fully saturated rings. The van der Waals surface area contributed by atoms with Gasteiger partial charge in [0.05, 0.1) is 10.5 Å². The number of hydrogen-bond donors (Lipinski definition) is 2. The zero-order valence-electron chi connectivity index (χ0n) is 18.3. The fourth-order valence-corrected chi connectivity index (χ4v) is 5.02. The molecular formula is C25H20F3NO5S. The normalized spacial score (nSPS) is 13.1. The third kappa shape index (κ3) is 5.39. The standard InChI is InChI=1S/C25H20F3NO5S/c1-15(19-4-2-3-5-22(19)30)29-35(32,33)18-9-6-16(7-10-18)12-17-8-11-23-20(13-17)21(25(26,27)28)14-24(31)34-23/h2-11,13-15,29-30H,12H2,1H3. The molecule has 0 aliphatic carbocycles. The van der Waals surface area contributed by atoms with Crippen molar-refractivity contribution in [3.63, 3.8) is 0 Å². The van der Waals surface area contributed by atoms with E-state index in [2.05, 4.69) is 4.72 Å². The van der Waals surface area contributed by atoms with Crippen LogP contribution in [0.3, 0.4) is 0 Å². The Balaban J connectivity index is 1.56. The Morgan fingerprint density at radius 2 is 1.63 bits per heavy atom. The lowest BCUT2D eigenvalue weighted by atomic mass is 10.0. The van der Waals surface area contributed by atoms with Crippen LogP contribution in [0, 0.1) is 0 Å². The van der Waals surface area contributed by atoms with E-state index in [0.29, 0.717) is 22.8 Å². The van der Waals surface area contributed by atoms with Crippen molar-refractivity contribution >= 4 is 21.0 Å². The molecule has 0 spiro atoms. The molecule has 1 aromatic heterocycles. The largest absolute Gasteiger partial charge is 0.508 e. The van der Waals surface area contributed by atoms with Gasteiger partial charge in [-0.3, -0.25) is 0 Å². The molecule has 2 N–H and O–H groups in total. The molecule has 6 nitrogen and oxygen atoms in total. The van der Waals surface area contributed by atoms with E-state index in [1.165, 1.54) is 30.3 Å². The Hall–Kier alpha value is -3.63. The first kappa shape index (κ1) is 24.5. The highest BCUT2D eigenvalue weighted by Gasteiger charge is 2.34. The predicted octanol–water partition coefficient (Wildman–Crippen LogP) is 5.15. The first-order valence-electron chi connectivity index (χ1n) is 10.5. The number of halogens is 3. The predicted molar refractivity (Wildman–Crippen MR) is 124 cm³/mol. The number of phenolic OH excluding ortho intramolecular Hbond substituents is 1. The number of aromatic hydroxyl groups is 1. The van der Waals surface area contributed by atoms with Crippen molar-refractivity contribution in [2.24, 2.45) is 0 Å². The smallest absolute Gasteiger partial charge is 0.417 e. The quantitative estimate of drug-likeness (QED) is 0.355. The van der Waals surface area contributed by atoms with Crippen molar-refractivity contribution in [1.82, 2.24) is 4.72 Å². The lowest BCUT2D eigenvalue weighted by molar-refractivity contribution is -0.136. The highest BCUT2D eigenvalue weighted by molar-refractivity contribution is 7.89. The van der Waals surface area contributed by atoms with Crippen molar-refractivity contribution in [2.45, 2.75) is 30.5 Å². The van der Waals surface area contributed by atoms with Crippen molar-refractivity contribution in [3.05, 3.63) is 105 Å². The van der Waals surface area contributed by atoms with E-state index in [1.54, 1.807) is 43.3 Å². The molecule has 0 aliphatic rings. The van der Waals surface area contributed by atoms with Gasteiger partial charge in [-0.15, -0.1) is 0 Å². The van der Waals surface area contributed by atoms with Crippen molar-refractivity contribution in [2.75, 3.05) is 0 Å². The molecule has 0 bridgehead atoms. The van der Waals surface area contributed by atoms with Crippen LogP contribution in [-0.4, -0.2) is 13.5 Å². The minimum Gasteiger partial charge on any atom is -0.508 e. The molecule has 1 atom stereocenters. The van der Waals surface area contributed by atoms with E-state index in [9.17, 15) is 31.5 Å². The monoisotopic (exact) mass is 503 g/mol. The van der Waals surface area contributed by atoms with Crippen molar-refractivity contribution in [1.29, 1.82) is 0 Å². The van der Waals surface area contributed by atoms with Gasteiger partial charge in [0.15, 0.2) is 0 Å². The van der Waals surface area contributed by atoms with Gasteiger partial charge in [0.1, 0.15) is 11.3 Å². The van der Waals surface area contributed by atoms with Gasteiger partial charge in [0.25, 0.3) is 0 Å². The van der Waals surface area contributed by atoms with Crippen molar-refractivity contribution in [3.8, 4) is 5.75 Å². The van der Waals surface area contributed by atoms with Gasteiger partial charge in [0, 0.05) is 23.1 Å². The molecule has 10 heteroatoms. The fraction of sp³-hybridized carbons (Fsp3) is 0.160. The molecule has 0 amide bonds. The van der Waals surface area contributed by atoms with Gasteiger partial charge in [-0.1, -0.05) is 36.4 Å². The van der Waals surface area contributed by atoms with E-state index in [1.807, 2.05) is 0 Å². The summed E-state index contributed by atoms with van der Waals surface area (Å²) in [5.74, 6) is -0.0265. The average Bonchev–Trinajstić information content (AvgIpc) is 2.78. The summed E-state index contributed by atoms with van der Waals surface area (Å²) in [7, 11) is -3.90. The summed E-state index contributed by atoms with van der Waals surface area (Å²) in [5, 5.41) is 9.72. The molecular weight excluding hydrogens is 483 g/mol. The molecule has 0 saturated carbocycles. The highest BCUT2D eigenvalue weighted by atomic mass is 32.2. The molecule has 4 aromatic rings. The van der Waals surface area contributed by atoms with Gasteiger partial charge >= 0.3 is 11.8 Å². The Morgan fingerprint density at radius 1 is 0.971 bits per heavy atom. The van der Waals surface area contributed by atoms with Gasteiger partial charge in [0.2, 0.25) is 10.0 Å². The molecule has 1 heterocycles. The second kappa shape index (κ2) is 9.20. The molecule has 3 aromatic carbocycles. The number of para-hydroxylation sites is 1. The molecule has 35 heavy (non-hydrogen) atoms. The minimum absolute atomic E-state index is 0.00293. The van der Waals surface area contributed by atoms with Crippen LogP contribution < -0.4 is 10.3 Å². The summed E-state index contributed by atoms with van der Waals surface area (Å²) in [4.78, 5) is 11.5. The van der Waals surface area contributed by atoms with Crippen LogP contribution in [0.15, 0.2) is 86.9 Å². The van der Waals surface area contributed by atoms with Crippen molar-refractivity contribution < 1.29 is 31.1 Å². The molecule has 0 radical (unpaired) electrons. The van der Waals surface area contributed by atoms with Crippen LogP contribution in [0.1, 0.15) is 35.2 Å². The molecule has 4 rings (SSSR count). The summed E-state index contributed by atoms with van der Waals surface area (Å²) in [6.45, 7) is 1.61. The van der Waals surface area contributed by atoms with Crippen LogP contribution in [-0.2, 0) is 22.6 Å². The van der Waals surface area contributed by atoms with E-state index < -0.39 is 33.4 Å². The summed E-state index contributed by atoms with van der Waals surface area (Å²) in [5.41, 5.74) is -0.698. The summed E-state index contributed by atoms with van der Waals surface area (Å²) in [6.07, 6.45) is -4.49. The van der Waals surface area contributed by atoms with Crippen LogP contribution in [0.25, 0.3) is 11.0 Å². The molecule has 1 unspecified atom stereocenters. The Labute approximate surface area is 198 Å². The highest BCUT2D eigenvalue weighted by Crippen LogP contribution is 2.34. The van der Waals surface area contributed by atoms with Crippen LogP contribution in [0.4, 0.5) is 13.2 Å². The van der Waals surface area contributed by atoms with Gasteiger partial charge in [-0.05, 0) is 54.8 Å². The molecule has 0 aliphatic heterocycles. The number of benzene rings is 3. The van der Waals surface area contributed by atoms with Crippen LogP contribution in [0.2, 0.25) is 0 Å². The number of fused-ring (bicyclic) bond motifs is 1.